The molecule has 36 heavy (non-hydrogen) atoms. The highest BCUT2D eigenvalue weighted by Gasteiger charge is 2.28. The van der Waals surface area contributed by atoms with Gasteiger partial charge in [-0.2, -0.15) is 5.10 Å². The number of sulfonamides is 1. The van der Waals surface area contributed by atoms with Crippen LogP contribution in [0.25, 0.3) is 5.57 Å². The van der Waals surface area contributed by atoms with Crippen molar-refractivity contribution in [1.82, 2.24) is 19.8 Å². The van der Waals surface area contributed by atoms with Gasteiger partial charge in [-0.05, 0) is 23.8 Å². The van der Waals surface area contributed by atoms with Gasteiger partial charge in [0.1, 0.15) is 14.4 Å². The lowest BCUT2D eigenvalue weighted by Crippen LogP contribution is -2.39. The van der Waals surface area contributed by atoms with Crippen molar-refractivity contribution in [3.05, 3.63) is 72.0 Å². The first-order chi connectivity index (χ1) is 17.0. The Morgan fingerprint density at radius 2 is 1.94 bits per heavy atom. The van der Waals surface area contributed by atoms with Crippen LogP contribution in [0, 0.1) is 0 Å². The summed E-state index contributed by atoms with van der Waals surface area (Å²) in [4.78, 5) is 12.2. The summed E-state index contributed by atoms with van der Waals surface area (Å²) >= 11 is 24.6. The van der Waals surface area contributed by atoms with Gasteiger partial charge in [-0.25, -0.2) is 22.3 Å². The van der Waals surface area contributed by atoms with E-state index in [0.717, 1.165) is 11.6 Å². The second-order valence-electron chi connectivity index (χ2n) is 7.66. The number of amides is 2. The molecule has 3 aromatic rings. The van der Waals surface area contributed by atoms with Crippen molar-refractivity contribution in [2.24, 2.45) is 7.05 Å². The summed E-state index contributed by atoms with van der Waals surface area (Å²) < 4.78 is 48.7. The van der Waals surface area contributed by atoms with E-state index < -0.39 is 28.4 Å². The number of fused-ring (bicyclic) bond motifs is 1. The van der Waals surface area contributed by atoms with Crippen LogP contribution in [0.4, 0.5) is 9.18 Å². The average Bonchev–Trinajstić information content (AvgIpc) is 3.32. The third kappa shape index (κ3) is 5.83. The van der Waals surface area contributed by atoms with Gasteiger partial charge >= 0.3 is 6.03 Å². The zero-order valence-corrected chi connectivity index (χ0v) is 23.0. The van der Waals surface area contributed by atoms with Crippen molar-refractivity contribution in [3.8, 4) is 0 Å². The van der Waals surface area contributed by atoms with E-state index in [1.54, 1.807) is 34.7 Å². The molecule has 192 valence electrons. The number of aryl methyl sites for hydroxylation is 1. The molecular weight excluding hydrogens is 597 g/mol. The molecule has 4 rings (SSSR count). The van der Waals surface area contributed by atoms with Crippen molar-refractivity contribution in [1.29, 1.82) is 0 Å². The summed E-state index contributed by atoms with van der Waals surface area (Å²) in [7, 11) is -2.51. The first-order valence-electron chi connectivity index (χ1n) is 10.2. The van der Waals surface area contributed by atoms with Crippen molar-refractivity contribution < 1.29 is 22.3 Å². The lowest BCUT2D eigenvalue weighted by Gasteiger charge is -2.18. The van der Waals surface area contributed by atoms with Gasteiger partial charge in [-0.3, -0.25) is 4.68 Å². The molecule has 2 aromatic heterocycles. The molecule has 0 saturated heterocycles. The molecule has 3 heterocycles. The van der Waals surface area contributed by atoms with Crippen LogP contribution in [-0.4, -0.2) is 37.4 Å². The Bertz CT molecular complexity index is 1470. The molecule has 0 fully saturated rings. The number of nitrogens with one attached hydrogen (secondary N) is 2. The molecule has 0 radical (unpaired) electrons. The molecule has 1 aliphatic heterocycles. The molecule has 15 heteroatoms. The third-order valence-electron chi connectivity index (χ3n) is 5.24. The minimum absolute atomic E-state index is 0.0403. The fourth-order valence-electron chi connectivity index (χ4n) is 3.59. The van der Waals surface area contributed by atoms with E-state index in [0.29, 0.717) is 44.8 Å². The van der Waals surface area contributed by atoms with Crippen molar-refractivity contribution in [2.45, 2.75) is 17.2 Å². The topological polar surface area (TPSA) is 102 Å². The van der Waals surface area contributed by atoms with Crippen molar-refractivity contribution >= 4 is 79.4 Å². The van der Waals surface area contributed by atoms with E-state index in [-0.39, 0.29) is 32.4 Å². The predicted molar refractivity (Wildman–Crippen MR) is 138 cm³/mol. The Kier molecular flexibility index (Phi) is 8.20. The molecule has 0 saturated carbocycles. The van der Waals surface area contributed by atoms with Crippen molar-refractivity contribution in [3.63, 3.8) is 0 Å². The highest BCUT2D eigenvalue weighted by Crippen LogP contribution is 2.35. The molecule has 1 aromatic carbocycles. The van der Waals surface area contributed by atoms with Gasteiger partial charge in [0.15, 0.2) is 0 Å². The Morgan fingerprint density at radius 1 is 1.19 bits per heavy atom. The van der Waals surface area contributed by atoms with E-state index in [4.69, 9.17) is 51.1 Å². The number of thiophene rings is 1. The molecule has 8 nitrogen and oxygen atoms in total. The third-order valence-corrected chi connectivity index (χ3v) is 9.50. The van der Waals surface area contributed by atoms with Gasteiger partial charge < -0.3 is 10.1 Å². The normalized spacial score (nSPS) is 14.9. The number of aromatic nitrogens is 2. The summed E-state index contributed by atoms with van der Waals surface area (Å²) in [6.07, 6.45) is 0.351. The summed E-state index contributed by atoms with van der Waals surface area (Å²) in [5.41, 5.74) is 2.76. The highest BCUT2D eigenvalue weighted by molar-refractivity contribution is 7.92. The summed E-state index contributed by atoms with van der Waals surface area (Å²) in [6, 6.07) is 5.10. The molecule has 0 atom stereocenters. The zero-order valence-electron chi connectivity index (χ0n) is 18.4. The van der Waals surface area contributed by atoms with Crippen LogP contribution in [-0.2, 0) is 34.8 Å². The zero-order chi connectivity index (χ0) is 26.2. The smallest absolute Gasteiger partial charge is 0.329 e. The summed E-state index contributed by atoms with van der Waals surface area (Å²) in [5, 5.41) is 7.64. The Labute approximate surface area is 230 Å². The second kappa shape index (κ2) is 10.9. The number of nitrogens with zero attached hydrogens (tertiary/aromatic N) is 2. The van der Waals surface area contributed by atoms with Crippen LogP contribution in [0.5, 0.6) is 0 Å². The minimum Gasteiger partial charge on any atom is -0.370 e. The molecule has 1 aliphatic rings. The van der Waals surface area contributed by atoms with Gasteiger partial charge in [0, 0.05) is 34.7 Å². The molecule has 0 unspecified atom stereocenters. The maximum Gasteiger partial charge on any atom is 0.329 e. The van der Waals surface area contributed by atoms with Gasteiger partial charge in [-0.15, -0.1) is 11.3 Å². The van der Waals surface area contributed by atoms with Crippen LogP contribution in [0.2, 0.25) is 19.4 Å². The van der Waals surface area contributed by atoms with Gasteiger partial charge in [0.05, 0.1) is 36.2 Å². The number of carbonyl (C=O) groups excluding carboxylic acids is 1. The first-order valence-corrected chi connectivity index (χ1v) is 14.0. The van der Waals surface area contributed by atoms with Crippen LogP contribution in [0.3, 0.4) is 0 Å². The first kappa shape index (κ1) is 27.2. The molecular formula is C21H17Cl4FN4O4S2. The predicted octanol–water partition coefficient (Wildman–Crippen LogP) is 5.58. The number of benzene rings is 1. The molecule has 0 aliphatic carbocycles. The minimum atomic E-state index is -4.24. The number of hydrogen-bond acceptors (Lipinski definition) is 6. The summed E-state index contributed by atoms with van der Waals surface area (Å²) in [6.45, 7) is -0.451. The van der Waals surface area contributed by atoms with E-state index in [1.807, 2.05) is 0 Å². The van der Waals surface area contributed by atoms with Gasteiger partial charge in [0.2, 0.25) is 0 Å². The maximum absolute atomic E-state index is 15.3. The molecule has 2 amide bonds. The fourth-order valence-corrected chi connectivity index (χ4v) is 6.87. The average molecular weight is 614 g/mol. The van der Waals surface area contributed by atoms with Crippen LogP contribution in [0.1, 0.15) is 22.5 Å². The SMILES string of the molecule is Cn1nc2c(c1Cc1ccc(Cl)cc1Cl)C(=C(F)CNC(=O)NS(=O)(=O)c1cc(Cl)c(Cl)s1)COC2. The van der Waals surface area contributed by atoms with E-state index >= 15 is 4.39 Å². The van der Waals surface area contributed by atoms with Crippen LogP contribution < -0.4 is 10.0 Å². The Morgan fingerprint density at radius 3 is 2.61 bits per heavy atom. The monoisotopic (exact) mass is 612 g/mol. The second-order valence-corrected chi connectivity index (χ2v) is 12.5. The lowest BCUT2D eigenvalue weighted by atomic mass is 9.97. The largest absolute Gasteiger partial charge is 0.370 e. The molecule has 0 spiro atoms. The number of urea groups is 1. The summed E-state index contributed by atoms with van der Waals surface area (Å²) in [5.74, 6) is -0.706. The number of hydrogen-bond donors (Lipinski definition) is 2. The number of carbonyl (C=O) groups is 1. The molecule has 2 N–H and O–H groups in total. The van der Waals surface area contributed by atoms with Gasteiger partial charge in [0.25, 0.3) is 10.0 Å². The standard InChI is InChI=1S/C21H17Cl4FN4O4S2/c1-30-17(4-10-2-3-11(22)5-13(10)23)19-12(8-34-9-16(19)28-30)15(26)7-27-21(31)29-36(32,33)18-6-14(24)20(25)35-18/h2-3,5-6H,4,7-9H2,1H3,(H2,27,29,31). The van der Waals surface area contributed by atoms with Gasteiger partial charge in [-0.1, -0.05) is 52.5 Å². The number of ether oxygens (including phenoxy) is 1. The highest BCUT2D eigenvalue weighted by atomic mass is 35.5. The quantitative estimate of drug-likeness (QED) is 0.378. The Balaban J connectivity index is 1.54. The Hall–Kier alpha value is -1.86. The maximum atomic E-state index is 15.3. The van der Waals surface area contributed by atoms with E-state index in [9.17, 15) is 13.2 Å². The number of halogens is 5. The van der Waals surface area contributed by atoms with Crippen molar-refractivity contribution in [2.75, 3.05) is 13.2 Å². The lowest BCUT2D eigenvalue weighted by molar-refractivity contribution is 0.141. The molecule has 0 bridgehead atoms. The van der Waals surface area contributed by atoms with E-state index in [1.165, 1.54) is 0 Å². The van der Waals surface area contributed by atoms with E-state index in [2.05, 4.69) is 10.4 Å². The van der Waals surface area contributed by atoms with Crippen LogP contribution >= 0.6 is 57.7 Å². The number of rotatable bonds is 6. The van der Waals surface area contributed by atoms with Crippen LogP contribution in [0.15, 0.2) is 34.3 Å². The fraction of sp³-hybridized carbons (Fsp3) is 0.238.